The number of furan rings is 1. The highest BCUT2D eigenvalue weighted by atomic mass is 16.3. The van der Waals surface area contributed by atoms with E-state index in [-0.39, 0.29) is 0 Å². The SMILES string of the molecule is N=C(c1cccc(-c2ccc3oc4ccc(-c5nc(-c6ccccc6)nc(-c6ccccc6)n5)cc4c3c2)c1)c1ccccc1Nc1ccccc1. The highest BCUT2D eigenvalue weighted by molar-refractivity contribution is 6.15. The Labute approximate surface area is 300 Å². The number of fused-ring (bicyclic) bond motifs is 3. The van der Waals surface area contributed by atoms with E-state index >= 15 is 0 Å². The van der Waals surface area contributed by atoms with Crippen LogP contribution in [-0.2, 0) is 0 Å². The lowest BCUT2D eigenvalue weighted by molar-refractivity contribution is 0.669. The predicted molar refractivity (Wildman–Crippen MR) is 211 cm³/mol. The van der Waals surface area contributed by atoms with Gasteiger partial charge in [0.25, 0.3) is 0 Å². The van der Waals surface area contributed by atoms with Gasteiger partial charge >= 0.3 is 0 Å². The normalized spacial score (nSPS) is 11.2. The zero-order valence-electron chi connectivity index (χ0n) is 28.0. The van der Waals surface area contributed by atoms with E-state index in [0.717, 1.165) is 72.3 Å². The summed E-state index contributed by atoms with van der Waals surface area (Å²) in [5, 5.41) is 14.7. The van der Waals surface area contributed by atoms with Gasteiger partial charge in [-0.05, 0) is 65.7 Å². The van der Waals surface area contributed by atoms with Crippen LogP contribution in [0.15, 0.2) is 180 Å². The summed E-state index contributed by atoms with van der Waals surface area (Å²) in [5.74, 6) is 1.83. The van der Waals surface area contributed by atoms with Crippen molar-refractivity contribution in [2.24, 2.45) is 0 Å². The van der Waals surface area contributed by atoms with Gasteiger partial charge in [-0.1, -0.05) is 121 Å². The largest absolute Gasteiger partial charge is 0.456 e. The number of rotatable bonds is 8. The summed E-state index contributed by atoms with van der Waals surface area (Å²) in [7, 11) is 0. The van der Waals surface area contributed by atoms with Gasteiger partial charge < -0.3 is 9.73 Å². The van der Waals surface area contributed by atoms with E-state index in [9.17, 15) is 5.41 Å². The first-order chi connectivity index (χ1) is 25.7. The van der Waals surface area contributed by atoms with Crippen LogP contribution in [0.2, 0.25) is 0 Å². The molecule has 0 fully saturated rings. The minimum Gasteiger partial charge on any atom is -0.456 e. The van der Waals surface area contributed by atoms with Crippen LogP contribution >= 0.6 is 0 Å². The molecular formula is C46H31N5O. The lowest BCUT2D eigenvalue weighted by Gasteiger charge is -2.14. The van der Waals surface area contributed by atoms with Crippen LogP contribution in [0.3, 0.4) is 0 Å². The molecule has 0 aliphatic rings. The zero-order valence-corrected chi connectivity index (χ0v) is 28.0. The number of benzene rings is 7. The molecular weight excluding hydrogens is 639 g/mol. The van der Waals surface area contributed by atoms with E-state index in [4.69, 9.17) is 19.4 Å². The standard InChI is InChI=1S/C46H31N5O/c47-43(37-21-10-11-22-40(37)48-36-19-8-3-9-20-36)34-18-12-17-32(27-34)33-23-25-41-38(28-33)39-29-35(24-26-42(39)52-41)46-50-44(30-13-4-1-5-14-30)49-45(51-46)31-15-6-2-7-16-31/h1-29,47-48H. The number of hydrogen-bond acceptors (Lipinski definition) is 6. The van der Waals surface area contributed by atoms with Gasteiger partial charge in [-0.25, -0.2) is 15.0 Å². The molecule has 0 saturated carbocycles. The van der Waals surface area contributed by atoms with Gasteiger partial charge in [0.15, 0.2) is 17.5 Å². The maximum absolute atomic E-state index is 9.22. The summed E-state index contributed by atoms with van der Waals surface area (Å²) in [4.78, 5) is 14.7. The van der Waals surface area contributed by atoms with Gasteiger partial charge in [0, 0.05) is 50.0 Å². The molecule has 6 nitrogen and oxygen atoms in total. The van der Waals surface area contributed by atoms with Crippen molar-refractivity contribution in [2.45, 2.75) is 0 Å². The van der Waals surface area contributed by atoms with Gasteiger partial charge in [-0.15, -0.1) is 0 Å². The number of para-hydroxylation sites is 2. The Balaban J connectivity index is 1.09. The first-order valence-electron chi connectivity index (χ1n) is 17.1. The minimum absolute atomic E-state index is 0.447. The van der Waals surface area contributed by atoms with Crippen LogP contribution in [0.4, 0.5) is 11.4 Å². The molecule has 6 heteroatoms. The highest BCUT2D eigenvalue weighted by Gasteiger charge is 2.16. The number of nitrogens with one attached hydrogen (secondary N) is 2. The molecule has 2 N–H and O–H groups in total. The first kappa shape index (κ1) is 30.8. The molecule has 0 aliphatic carbocycles. The second kappa shape index (κ2) is 13.3. The molecule has 0 bridgehead atoms. The van der Waals surface area contributed by atoms with Crippen molar-refractivity contribution in [3.8, 4) is 45.3 Å². The van der Waals surface area contributed by atoms with Crippen molar-refractivity contribution in [3.05, 3.63) is 187 Å². The molecule has 2 heterocycles. The lowest BCUT2D eigenvalue weighted by Crippen LogP contribution is -2.05. The maximum Gasteiger partial charge on any atom is 0.164 e. The van der Waals surface area contributed by atoms with E-state index in [0.29, 0.717) is 23.2 Å². The van der Waals surface area contributed by atoms with Gasteiger partial charge in [0.05, 0.1) is 5.71 Å². The second-order valence-corrected chi connectivity index (χ2v) is 12.6. The van der Waals surface area contributed by atoms with Crippen LogP contribution in [0.25, 0.3) is 67.2 Å². The average Bonchev–Trinajstić information content (AvgIpc) is 3.59. The molecule has 0 saturated heterocycles. The Kier molecular flexibility index (Phi) is 7.87. The fourth-order valence-corrected chi connectivity index (χ4v) is 6.53. The molecule has 52 heavy (non-hydrogen) atoms. The Bertz CT molecular complexity index is 2670. The van der Waals surface area contributed by atoms with Crippen molar-refractivity contribution in [1.29, 1.82) is 5.41 Å². The van der Waals surface area contributed by atoms with Crippen LogP contribution < -0.4 is 5.32 Å². The number of anilines is 2. The Morgan fingerprint density at radius 1 is 0.442 bits per heavy atom. The fraction of sp³-hybridized carbons (Fsp3) is 0. The van der Waals surface area contributed by atoms with Gasteiger partial charge in [-0.3, -0.25) is 5.41 Å². The molecule has 9 rings (SSSR count). The molecule has 0 unspecified atom stereocenters. The molecule has 246 valence electrons. The second-order valence-electron chi connectivity index (χ2n) is 12.6. The van der Waals surface area contributed by atoms with Crippen molar-refractivity contribution in [1.82, 2.24) is 15.0 Å². The molecule has 0 radical (unpaired) electrons. The third kappa shape index (κ3) is 5.99. The van der Waals surface area contributed by atoms with Crippen LogP contribution in [0, 0.1) is 5.41 Å². The zero-order chi connectivity index (χ0) is 34.9. The molecule has 0 spiro atoms. The lowest BCUT2D eigenvalue weighted by atomic mass is 9.96. The summed E-state index contributed by atoms with van der Waals surface area (Å²) in [6, 6.07) is 58.5. The fourth-order valence-electron chi connectivity index (χ4n) is 6.53. The van der Waals surface area contributed by atoms with E-state index in [1.165, 1.54) is 0 Å². The summed E-state index contributed by atoms with van der Waals surface area (Å²) in [6.07, 6.45) is 0. The molecule has 2 aromatic heterocycles. The smallest absolute Gasteiger partial charge is 0.164 e. The molecule has 7 aromatic carbocycles. The van der Waals surface area contributed by atoms with Crippen molar-refractivity contribution >= 4 is 39.0 Å². The van der Waals surface area contributed by atoms with E-state index < -0.39 is 0 Å². The minimum atomic E-state index is 0.447. The summed E-state index contributed by atoms with van der Waals surface area (Å²) in [5.41, 5.74) is 10.3. The van der Waals surface area contributed by atoms with Gasteiger partial charge in [0.1, 0.15) is 11.2 Å². The van der Waals surface area contributed by atoms with E-state index in [1.54, 1.807) is 0 Å². The van der Waals surface area contributed by atoms with Crippen LogP contribution in [-0.4, -0.2) is 20.7 Å². The summed E-state index contributed by atoms with van der Waals surface area (Å²) in [6.45, 7) is 0. The molecule has 0 atom stereocenters. The third-order valence-electron chi connectivity index (χ3n) is 9.16. The monoisotopic (exact) mass is 669 g/mol. The van der Waals surface area contributed by atoms with E-state index in [1.807, 2.05) is 146 Å². The van der Waals surface area contributed by atoms with Gasteiger partial charge in [-0.2, -0.15) is 0 Å². The first-order valence-corrected chi connectivity index (χ1v) is 17.1. The van der Waals surface area contributed by atoms with Crippen LogP contribution in [0.5, 0.6) is 0 Å². The quantitative estimate of drug-likeness (QED) is 0.157. The predicted octanol–water partition coefficient (Wildman–Crippen LogP) is 11.6. The van der Waals surface area contributed by atoms with E-state index in [2.05, 4.69) is 35.6 Å². The van der Waals surface area contributed by atoms with Crippen molar-refractivity contribution in [2.75, 3.05) is 5.32 Å². The maximum atomic E-state index is 9.22. The third-order valence-corrected chi connectivity index (χ3v) is 9.16. The number of hydrogen-bond donors (Lipinski definition) is 2. The topological polar surface area (TPSA) is 87.7 Å². The van der Waals surface area contributed by atoms with Gasteiger partial charge in [0.2, 0.25) is 0 Å². The Hall–Kier alpha value is -7.18. The molecule has 9 aromatic rings. The average molecular weight is 670 g/mol. The number of aromatic nitrogens is 3. The van der Waals surface area contributed by atoms with Crippen molar-refractivity contribution < 1.29 is 4.42 Å². The van der Waals surface area contributed by atoms with Crippen molar-refractivity contribution in [3.63, 3.8) is 0 Å². The summed E-state index contributed by atoms with van der Waals surface area (Å²) < 4.78 is 6.31. The highest BCUT2D eigenvalue weighted by Crippen LogP contribution is 2.36. The van der Waals surface area contributed by atoms with Crippen LogP contribution in [0.1, 0.15) is 11.1 Å². The summed E-state index contributed by atoms with van der Waals surface area (Å²) >= 11 is 0. The number of nitrogens with zero attached hydrogens (tertiary/aromatic N) is 3. The molecule has 0 amide bonds. The Morgan fingerprint density at radius 3 is 1.60 bits per heavy atom. The Morgan fingerprint density at radius 2 is 0.942 bits per heavy atom. The molecule has 0 aliphatic heterocycles.